The highest BCUT2D eigenvalue weighted by Crippen LogP contribution is 2.37. The zero-order chi connectivity index (χ0) is 17.6. The molecule has 0 aliphatic heterocycles. The van der Waals surface area contributed by atoms with Crippen LogP contribution in [0.3, 0.4) is 0 Å². The summed E-state index contributed by atoms with van der Waals surface area (Å²) in [4.78, 5) is 12.4. The summed E-state index contributed by atoms with van der Waals surface area (Å²) >= 11 is 5.96. The summed E-state index contributed by atoms with van der Waals surface area (Å²) in [5.41, 5.74) is 2.77. The van der Waals surface area contributed by atoms with E-state index in [0.717, 1.165) is 11.6 Å². The van der Waals surface area contributed by atoms with E-state index < -0.39 is 0 Å². The van der Waals surface area contributed by atoms with E-state index in [2.05, 4.69) is 24.4 Å². The highest BCUT2D eigenvalue weighted by molar-refractivity contribution is 6.30. The molecule has 0 atom stereocenters. The van der Waals surface area contributed by atoms with Gasteiger partial charge >= 0.3 is 0 Å². The second kappa shape index (κ2) is 8.53. The third-order valence-electron chi connectivity index (χ3n) is 5.27. The van der Waals surface area contributed by atoms with Gasteiger partial charge in [0.2, 0.25) is 0 Å². The third-order valence-corrected chi connectivity index (χ3v) is 5.51. The minimum Gasteiger partial charge on any atom is -0.322 e. The Hall–Kier alpha value is -1.80. The Morgan fingerprint density at radius 3 is 2.44 bits per heavy atom. The standard InChI is InChI=1S/C22H26ClNO/c1-2-4-16-7-9-17(10-8-16)18-11-13-19(14-12-18)22(25)24-21-6-3-5-20(23)15-21/h3,5-6,11-17H,2,4,7-10H2,1H3,(H,24,25). The number of rotatable bonds is 5. The molecule has 1 amide bonds. The first-order valence-corrected chi connectivity index (χ1v) is 9.70. The van der Waals surface area contributed by atoms with Crippen molar-refractivity contribution in [3.05, 3.63) is 64.7 Å². The normalized spacial score (nSPS) is 20.2. The second-order valence-electron chi connectivity index (χ2n) is 7.09. The summed E-state index contributed by atoms with van der Waals surface area (Å²) in [5, 5.41) is 3.51. The number of anilines is 1. The molecule has 3 rings (SSSR count). The first-order valence-electron chi connectivity index (χ1n) is 9.32. The summed E-state index contributed by atoms with van der Waals surface area (Å²) in [5.74, 6) is 1.47. The van der Waals surface area contributed by atoms with E-state index in [0.29, 0.717) is 16.5 Å². The quantitative estimate of drug-likeness (QED) is 0.637. The average Bonchev–Trinajstić information content (AvgIpc) is 2.63. The van der Waals surface area contributed by atoms with Crippen LogP contribution in [-0.2, 0) is 0 Å². The molecule has 25 heavy (non-hydrogen) atoms. The van der Waals surface area contributed by atoms with Crippen molar-refractivity contribution >= 4 is 23.2 Å². The fraction of sp³-hybridized carbons (Fsp3) is 0.409. The number of carbonyl (C=O) groups excluding carboxylic acids is 1. The summed E-state index contributed by atoms with van der Waals surface area (Å²) in [7, 11) is 0. The fourth-order valence-electron chi connectivity index (χ4n) is 3.87. The van der Waals surface area contributed by atoms with Crippen LogP contribution < -0.4 is 5.32 Å². The molecule has 1 aliphatic rings. The van der Waals surface area contributed by atoms with Gasteiger partial charge in [-0.2, -0.15) is 0 Å². The number of carbonyl (C=O) groups is 1. The SMILES string of the molecule is CCCC1CCC(c2ccc(C(=O)Nc3cccc(Cl)c3)cc2)CC1. The van der Waals surface area contributed by atoms with E-state index in [1.54, 1.807) is 12.1 Å². The number of nitrogens with one attached hydrogen (secondary N) is 1. The zero-order valence-electron chi connectivity index (χ0n) is 14.8. The van der Waals surface area contributed by atoms with E-state index in [-0.39, 0.29) is 5.91 Å². The lowest BCUT2D eigenvalue weighted by molar-refractivity contribution is 0.102. The molecule has 0 bridgehead atoms. The Bertz CT molecular complexity index is 702. The maximum atomic E-state index is 12.4. The highest BCUT2D eigenvalue weighted by atomic mass is 35.5. The number of amides is 1. The molecule has 2 nitrogen and oxygen atoms in total. The van der Waals surface area contributed by atoms with Gasteiger partial charge in [0.25, 0.3) is 5.91 Å². The smallest absolute Gasteiger partial charge is 0.255 e. The third kappa shape index (κ3) is 4.85. The number of halogens is 1. The van der Waals surface area contributed by atoms with Crippen LogP contribution in [0.15, 0.2) is 48.5 Å². The van der Waals surface area contributed by atoms with Crippen LogP contribution in [0.25, 0.3) is 0 Å². The van der Waals surface area contributed by atoms with Gasteiger partial charge in [-0.15, -0.1) is 0 Å². The van der Waals surface area contributed by atoms with Crippen LogP contribution >= 0.6 is 11.6 Å². The topological polar surface area (TPSA) is 29.1 Å². The molecule has 0 unspecified atom stereocenters. The molecule has 1 saturated carbocycles. The van der Waals surface area contributed by atoms with Crippen molar-refractivity contribution in [2.75, 3.05) is 5.32 Å². The van der Waals surface area contributed by atoms with Crippen LogP contribution in [0, 0.1) is 5.92 Å². The lowest BCUT2D eigenvalue weighted by Crippen LogP contribution is -2.14. The van der Waals surface area contributed by atoms with E-state index in [9.17, 15) is 4.79 Å². The Balaban J connectivity index is 1.59. The Morgan fingerprint density at radius 1 is 1.08 bits per heavy atom. The minimum atomic E-state index is -0.0968. The van der Waals surface area contributed by atoms with Gasteiger partial charge < -0.3 is 5.32 Å². The van der Waals surface area contributed by atoms with Gasteiger partial charge in [-0.25, -0.2) is 0 Å². The number of benzene rings is 2. The Labute approximate surface area is 155 Å². The molecule has 0 saturated heterocycles. The summed E-state index contributed by atoms with van der Waals surface area (Å²) < 4.78 is 0. The first-order chi connectivity index (χ1) is 12.2. The summed E-state index contributed by atoms with van der Waals surface area (Å²) in [6.07, 6.45) is 7.91. The molecular formula is C22H26ClNO. The van der Waals surface area contributed by atoms with Crippen molar-refractivity contribution in [3.8, 4) is 0 Å². The monoisotopic (exact) mass is 355 g/mol. The summed E-state index contributed by atoms with van der Waals surface area (Å²) in [6.45, 7) is 2.28. The van der Waals surface area contributed by atoms with Gasteiger partial charge in [0.1, 0.15) is 0 Å². The molecule has 3 heteroatoms. The predicted octanol–water partition coefficient (Wildman–Crippen LogP) is 6.67. The van der Waals surface area contributed by atoms with Crippen LogP contribution in [0.5, 0.6) is 0 Å². The Morgan fingerprint density at radius 2 is 1.80 bits per heavy atom. The largest absolute Gasteiger partial charge is 0.322 e. The van der Waals surface area contributed by atoms with E-state index in [4.69, 9.17) is 11.6 Å². The molecule has 1 N–H and O–H groups in total. The van der Waals surface area contributed by atoms with E-state index in [1.165, 1.54) is 44.1 Å². The fourth-order valence-corrected chi connectivity index (χ4v) is 4.06. The van der Waals surface area contributed by atoms with Gasteiger partial charge in [0, 0.05) is 16.3 Å². The van der Waals surface area contributed by atoms with Crippen molar-refractivity contribution in [3.63, 3.8) is 0 Å². The van der Waals surface area contributed by atoms with Gasteiger partial charge in [-0.3, -0.25) is 4.79 Å². The highest BCUT2D eigenvalue weighted by Gasteiger charge is 2.21. The minimum absolute atomic E-state index is 0.0968. The molecule has 0 aromatic heterocycles. The maximum absolute atomic E-state index is 12.4. The second-order valence-corrected chi connectivity index (χ2v) is 7.53. The molecule has 2 aromatic carbocycles. The maximum Gasteiger partial charge on any atom is 0.255 e. The molecular weight excluding hydrogens is 330 g/mol. The Kier molecular flexibility index (Phi) is 6.14. The van der Waals surface area contributed by atoms with Crippen molar-refractivity contribution in [2.45, 2.75) is 51.4 Å². The molecule has 2 aromatic rings. The first kappa shape index (κ1) is 18.0. The van der Waals surface area contributed by atoms with Crippen LogP contribution in [0.4, 0.5) is 5.69 Å². The van der Waals surface area contributed by atoms with Crippen molar-refractivity contribution in [1.82, 2.24) is 0 Å². The molecule has 0 spiro atoms. The van der Waals surface area contributed by atoms with Crippen molar-refractivity contribution in [2.24, 2.45) is 5.92 Å². The van der Waals surface area contributed by atoms with Gasteiger partial charge in [-0.1, -0.05) is 49.6 Å². The number of hydrogen-bond donors (Lipinski definition) is 1. The van der Waals surface area contributed by atoms with E-state index >= 15 is 0 Å². The lowest BCUT2D eigenvalue weighted by atomic mass is 9.77. The zero-order valence-corrected chi connectivity index (χ0v) is 15.6. The molecule has 0 heterocycles. The van der Waals surface area contributed by atoms with Crippen LogP contribution in [0.1, 0.15) is 67.3 Å². The molecule has 1 aliphatic carbocycles. The molecule has 0 radical (unpaired) electrons. The van der Waals surface area contributed by atoms with Crippen LogP contribution in [-0.4, -0.2) is 5.91 Å². The predicted molar refractivity (Wildman–Crippen MR) is 105 cm³/mol. The molecule has 1 fully saturated rings. The number of hydrogen-bond acceptors (Lipinski definition) is 1. The van der Waals surface area contributed by atoms with Crippen molar-refractivity contribution < 1.29 is 4.79 Å². The average molecular weight is 356 g/mol. The lowest BCUT2D eigenvalue weighted by Gasteiger charge is -2.28. The van der Waals surface area contributed by atoms with Crippen LogP contribution in [0.2, 0.25) is 5.02 Å². The summed E-state index contributed by atoms with van der Waals surface area (Å²) in [6, 6.07) is 15.3. The van der Waals surface area contributed by atoms with Gasteiger partial charge in [0.15, 0.2) is 0 Å². The van der Waals surface area contributed by atoms with E-state index in [1.807, 2.05) is 24.3 Å². The van der Waals surface area contributed by atoms with Gasteiger partial charge in [0.05, 0.1) is 0 Å². The molecule has 132 valence electrons. The van der Waals surface area contributed by atoms with Gasteiger partial charge in [-0.05, 0) is 73.4 Å². The van der Waals surface area contributed by atoms with Crippen molar-refractivity contribution in [1.29, 1.82) is 0 Å².